The Balaban J connectivity index is 2.69. The molecule has 1 rings (SSSR count). The van der Waals surface area contributed by atoms with E-state index in [-0.39, 0.29) is 18.6 Å². The number of nitrogens with zero attached hydrogens (tertiary/aromatic N) is 1. The first-order valence-corrected chi connectivity index (χ1v) is 7.30. The van der Waals surface area contributed by atoms with E-state index < -0.39 is 12.1 Å². The number of carbonyl (C=O) groups is 2. The molecule has 1 aromatic carbocycles. The molecule has 0 bridgehead atoms. The predicted octanol–water partition coefficient (Wildman–Crippen LogP) is 3.31. The molecule has 1 amide bonds. The lowest BCUT2D eigenvalue weighted by molar-refractivity contribution is -0.131. The standard InChI is InChI=1S/C17H23NO4/c1-4-13(2)15(10-11-16(19)20)18(3)17(21)22-12-14-8-6-5-7-9-14/h5-11,13,15H,4,12H2,1-3H3,(H,19,20)/b11-10+/t13-,15+/m0/s1. The Hall–Kier alpha value is -2.30. The van der Waals surface area contributed by atoms with Crippen LogP contribution in [0.15, 0.2) is 42.5 Å². The Labute approximate surface area is 131 Å². The molecule has 0 aliphatic rings. The highest BCUT2D eigenvalue weighted by Gasteiger charge is 2.23. The smallest absolute Gasteiger partial charge is 0.410 e. The van der Waals surface area contributed by atoms with Crippen molar-refractivity contribution < 1.29 is 19.4 Å². The van der Waals surface area contributed by atoms with Gasteiger partial charge in [-0.05, 0) is 11.5 Å². The second-order valence-electron chi connectivity index (χ2n) is 5.22. The van der Waals surface area contributed by atoms with Crippen molar-refractivity contribution in [3.05, 3.63) is 48.0 Å². The van der Waals surface area contributed by atoms with E-state index in [1.54, 1.807) is 7.05 Å². The molecule has 22 heavy (non-hydrogen) atoms. The first-order valence-electron chi connectivity index (χ1n) is 7.30. The van der Waals surface area contributed by atoms with Crippen molar-refractivity contribution in [3.63, 3.8) is 0 Å². The van der Waals surface area contributed by atoms with Gasteiger partial charge in [-0.3, -0.25) is 0 Å². The summed E-state index contributed by atoms with van der Waals surface area (Å²) in [4.78, 5) is 24.3. The normalized spacial score (nSPS) is 13.6. The van der Waals surface area contributed by atoms with Crippen molar-refractivity contribution in [2.45, 2.75) is 32.9 Å². The maximum atomic E-state index is 12.1. The number of rotatable bonds is 7. The van der Waals surface area contributed by atoms with Gasteiger partial charge in [-0.2, -0.15) is 0 Å². The van der Waals surface area contributed by atoms with Crippen LogP contribution in [0, 0.1) is 5.92 Å². The number of aliphatic carboxylic acids is 1. The van der Waals surface area contributed by atoms with Crippen LogP contribution >= 0.6 is 0 Å². The largest absolute Gasteiger partial charge is 0.478 e. The molecule has 0 heterocycles. The Morgan fingerprint density at radius 1 is 1.32 bits per heavy atom. The summed E-state index contributed by atoms with van der Waals surface area (Å²) >= 11 is 0. The van der Waals surface area contributed by atoms with Crippen LogP contribution in [0.25, 0.3) is 0 Å². The van der Waals surface area contributed by atoms with Crippen molar-refractivity contribution >= 4 is 12.1 Å². The third kappa shape index (κ3) is 5.60. The molecule has 0 fully saturated rings. The van der Waals surface area contributed by atoms with Crippen LogP contribution in [0.3, 0.4) is 0 Å². The van der Waals surface area contributed by atoms with E-state index >= 15 is 0 Å². The monoisotopic (exact) mass is 305 g/mol. The van der Waals surface area contributed by atoms with E-state index in [1.165, 1.54) is 11.0 Å². The highest BCUT2D eigenvalue weighted by Crippen LogP contribution is 2.16. The zero-order valence-electron chi connectivity index (χ0n) is 13.2. The average Bonchev–Trinajstić information content (AvgIpc) is 2.52. The number of amides is 1. The fraction of sp³-hybridized carbons (Fsp3) is 0.412. The Morgan fingerprint density at radius 2 is 1.95 bits per heavy atom. The van der Waals surface area contributed by atoms with Crippen LogP contribution in [-0.2, 0) is 16.1 Å². The van der Waals surface area contributed by atoms with Gasteiger partial charge in [0.05, 0.1) is 6.04 Å². The lowest BCUT2D eigenvalue weighted by atomic mass is 9.98. The molecular weight excluding hydrogens is 282 g/mol. The lowest BCUT2D eigenvalue weighted by Gasteiger charge is -2.29. The highest BCUT2D eigenvalue weighted by molar-refractivity contribution is 5.80. The summed E-state index contributed by atoms with van der Waals surface area (Å²) in [6.07, 6.45) is 2.95. The summed E-state index contributed by atoms with van der Waals surface area (Å²) in [6.45, 7) is 4.16. The van der Waals surface area contributed by atoms with Crippen molar-refractivity contribution in [3.8, 4) is 0 Å². The first-order chi connectivity index (χ1) is 10.5. The topological polar surface area (TPSA) is 66.8 Å². The summed E-state index contributed by atoms with van der Waals surface area (Å²) in [5.74, 6) is -0.899. The van der Waals surface area contributed by atoms with E-state index in [4.69, 9.17) is 9.84 Å². The molecule has 5 nitrogen and oxygen atoms in total. The fourth-order valence-corrected chi connectivity index (χ4v) is 2.07. The van der Waals surface area contributed by atoms with Gasteiger partial charge in [0.25, 0.3) is 0 Å². The molecule has 120 valence electrons. The van der Waals surface area contributed by atoms with Gasteiger partial charge in [0.15, 0.2) is 0 Å². The van der Waals surface area contributed by atoms with Gasteiger partial charge in [0, 0.05) is 13.1 Å². The molecule has 5 heteroatoms. The minimum absolute atomic E-state index is 0.130. The molecule has 0 saturated heterocycles. The van der Waals surface area contributed by atoms with Crippen LogP contribution in [0.5, 0.6) is 0 Å². The van der Waals surface area contributed by atoms with E-state index in [2.05, 4.69) is 0 Å². The number of likely N-dealkylation sites (N-methyl/N-ethyl adjacent to an activating group) is 1. The maximum Gasteiger partial charge on any atom is 0.410 e. The minimum Gasteiger partial charge on any atom is -0.478 e. The maximum absolute atomic E-state index is 12.1. The number of benzene rings is 1. The number of carboxylic acids is 1. The molecule has 0 saturated carbocycles. The second kappa shape index (κ2) is 8.87. The van der Waals surface area contributed by atoms with Crippen LogP contribution in [0.1, 0.15) is 25.8 Å². The fourth-order valence-electron chi connectivity index (χ4n) is 2.07. The van der Waals surface area contributed by atoms with Crippen LogP contribution in [0.2, 0.25) is 0 Å². The summed E-state index contributed by atoms with van der Waals surface area (Å²) in [7, 11) is 1.62. The number of carbonyl (C=O) groups excluding carboxylic acids is 1. The Kier molecular flexibility index (Phi) is 7.16. The van der Waals surface area contributed by atoms with Crippen LogP contribution in [-0.4, -0.2) is 35.2 Å². The molecule has 1 N–H and O–H groups in total. The predicted molar refractivity (Wildman–Crippen MR) is 84.4 cm³/mol. The van der Waals surface area contributed by atoms with E-state index in [0.29, 0.717) is 0 Å². The Morgan fingerprint density at radius 3 is 2.50 bits per heavy atom. The second-order valence-corrected chi connectivity index (χ2v) is 5.22. The van der Waals surface area contributed by atoms with Gasteiger partial charge >= 0.3 is 12.1 Å². The molecule has 0 aliphatic heterocycles. The van der Waals surface area contributed by atoms with Gasteiger partial charge in [0.2, 0.25) is 0 Å². The van der Waals surface area contributed by atoms with Gasteiger partial charge in [-0.15, -0.1) is 0 Å². The summed E-state index contributed by atoms with van der Waals surface area (Å²) in [5.41, 5.74) is 0.908. The molecule has 1 aromatic rings. The molecule has 0 radical (unpaired) electrons. The van der Waals surface area contributed by atoms with Gasteiger partial charge in [0.1, 0.15) is 6.61 Å². The first kappa shape index (κ1) is 17.8. The quantitative estimate of drug-likeness (QED) is 0.785. The molecule has 0 spiro atoms. The SMILES string of the molecule is CC[C@H](C)[C@@H](/C=C/C(=O)O)N(C)C(=O)OCc1ccccc1. The summed E-state index contributed by atoms with van der Waals surface area (Å²) in [5, 5.41) is 8.77. The van der Waals surface area contributed by atoms with Crippen molar-refractivity contribution in [1.29, 1.82) is 0 Å². The van der Waals surface area contributed by atoms with Crippen molar-refractivity contribution in [1.82, 2.24) is 4.90 Å². The minimum atomic E-state index is -1.03. The number of hydrogen-bond donors (Lipinski definition) is 1. The molecular formula is C17H23NO4. The van der Waals surface area contributed by atoms with Crippen LogP contribution < -0.4 is 0 Å². The number of hydrogen-bond acceptors (Lipinski definition) is 3. The molecule has 2 atom stereocenters. The lowest BCUT2D eigenvalue weighted by Crippen LogP contribution is -2.40. The Bertz CT molecular complexity index is 513. The molecule has 0 aromatic heterocycles. The zero-order chi connectivity index (χ0) is 16.5. The zero-order valence-corrected chi connectivity index (χ0v) is 13.2. The molecule has 0 unspecified atom stereocenters. The van der Waals surface area contributed by atoms with Crippen molar-refractivity contribution in [2.24, 2.45) is 5.92 Å². The number of carboxylic acid groups (broad SMARTS) is 1. The van der Waals surface area contributed by atoms with Crippen molar-refractivity contribution in [2.75, 3.05) is 7.05 Å². The molecule has 0 aliphatic carbocycles. The van der Waals surface area contributed by atoms with E-state index in [0.717, 1.165) is 18.1 Å². The third-order valence-electron chi connectivity index (χ3n) is 3.60. The van der Waals surface area contributed by atoms with Gasteiger partial charge < -0.3 is 14.7 Å². The van der Waals surface area contributed by atoms with E-state index in [1.807, 2.05) is 44.2 Å². The van der Waals surface area contributed by atoms with Gasteiger partial charge in [-0.1, -0.05) is 56.7 Å². The summed E-state index contributed by atoms with van der Waals surface area (Å²) < 4.78 is 5.28. The van der Waals surface area contributed by atoms with Crippen LogP contribution in [0.4, 0.5) is 4.79 Å². The summed E-state index contributed by atoms with van der Waals surface area (Å²) in [6, 6.07) is 9.10. The third-order valence-corrected chi connectivity index (χ3v) is 3.60. The number of ether oxygens (including phenoxy) is 1. The highest BCUT2D eigenvalue weighted by atomic mass is 16.6. The average molecular weight is 305 g/mol. The van der Waals surface area contributed by atoms with Gasteiger partial charge in [-0.25, -0.2) is 9.59 Å². The van der Waals surface area contributed by atoms with E-state index in [9.17, 15) is 9.59 Å².